The number of nitrogens with one attached hydrogen (secondary N) is 2. The maximum Gasteiger partial charge on any atom is 0.323 e. The Morgan fingerprint density at radius 3 is 2.02 bits per heavy atom. The lowest BCUT2D eigenvalue weighted by atomic mass is 9.69. The summed E-state index contributed by atoms with van der Waals surface area (Å²) in [5.74, 6) is -1.44. The summed E-state index contributed by atoms with van der Waals surface area (Å²) in [6.07, 6.45) is 0.590. The summed E-state index contributed by atoms with van der Waals surface area (Å²) in [4.78, 5) is 47.2. The molecule has 3 amide bonds. The van der Waals surface area contributed by atoms with Crippen LogP contribution in [0.3, 0.4) is 0 Å². The quantitative estimate of drug-likeness (QED) is 0.179. The average molecular weight is 707 g/mol. The van der Waals surface area contributed by atoms with E-state index >= 15 is 9.59 Å². The molecule has 1 fully saturated rings. The van der Waals surface area contributed by atoms with Crippen molar-refractivity contribution in [2.45, 2.75) is 77.3 Å². The van der Waals surface area contributed by atoms with Crippen molar-refractivity contribution in [1.29, 1.82) is 0 Å². The smallest absolute Gasteiger partial charge is 0.323 e. The van der Waals surface area contributed by atoms with Gasteiger partial charge in [0.2, 0.25) is 0 Å². The van der Waals surface area contributed by atoms with Crippen LogP contribution in [0.2, 0.25) is 0 Å². The molecule has 248 valence electrons. The van der Waals surface area contributed by atoms with Gasteiger partial charge in [-0.1, -0.05) is 136 Å². The van der Waals surface area contributed by atoms with E-state index in [1.54, 1.807) is 17.0 Å². The summed E-state index contributed by atoms with van der Waals surface area (Å²) >= 11 is 3.65. The number of amides is 3. The zero-order valence-corrected chi connectivity index (χ0v) is 30.0. The van der Waals surface area contributed by atoms with Crippen LogP contribution in [0.1, 0.15) is 98.3 Å². The summed E-state index contributed by atoms with van der Waals surface area (Å²) in [6.45, 7) is 12.7. The number of ketones is 1. The fraction of sp³-hybridized carbons (Fsp3) is 0.341. The topological polar surface area (TPSA) is 78.5 Å². The first kappa shape index (κ1) is 33.7. The number of hydrogen-bond acceptors (Lipinski definition) is 3. The monoisotopic (exact) mass is 705 g/mol. The van der Waals surface area contributed by atoms with E-state index in [9.17, 15) is 4.79 Å². The van der Waals surface area contributed by atoms with Gasteiger partial charge in [0, 0.05) is 38.9 Å². The van der Waals surface area contributed by atoms with E-state index in [0.29, 0.717) is 23.2 Å². The Labute approximate surface area is 292 Å². The van der Waals surface area contributed by atoms with Gasteiger partial charge in [-0.3, -0.25) is 9.59 Å². The summed E-state index contributed by atoms with van der Waals surface area (Å²) < 4.78 is 0.763. The molecule has 4 atom stereocenters. The van der Waals surface area contributed by atoms with Crippen molar-refractivity contribution < 1.29 is 14.4 Å². The highest BCUT2D eigenvalue weighted by Crippen LogP contribution is 2.60. The van der Waals surface area contributed by atoms with E-state index in [1.165, 1.54) is 0 Å². The second-order valence-corrected chi connectivity index (χ2v) is 15.1. The molecule has 48 heavy (non-hydrogen) atoms. The molecule has 2 N–H and O–H groups in total. The number of rotatable bonds is 8. The van der Waals surface area contributed by atoms with Crippen molar-refractivity contribution in [2.75, 3.05) is 10.6 Å². The number of carbonyl (C=O) groups is 3. The van der Waals surface area contributed by atoms with Crippen LogP contribution in [-0.2, 0) is 10.3 Å². The van der Waals surface area contributed by atoms with Crippen LogP contribution >= 0.6 is 15.9 Å². The second kappa shape index (κ2) is 13.3. The third-order valence-electron chi connectivity index (χ3n) is 9.98. The van der Waals surface area contributed by atoms with Crippen LogP contribution < -0.4 is 10.6 Å². The van der Waals surface area contributed by atoms with E-state index in [1.807, 2.05) is 72.8 Å². The fourth-order valence-corrected chi connectivity index (χ4v) is 8.38. The first-order chi connectivity index (χ1) is 23.0. The van der Waals surface area contributed by atoms with Gasteiger partial charge in [-0.05, 0) is 59.1 Å². The Hall–Kier alpha value is -4.23. The normalized spacial score (nSPS) is 21.7. The van der Waals surface area contributed by atoms with Gasteiger partial charge in [-0.2, -0.15) is 0 Å². The molecule has 4 aromatic rings. The highest BCUT2D eigenvalue weighted by atomic mass is 79.9. The first-order valence-corrected chi connectivity index (χ1v) is 17.7. The minimum atomic E-state index is -1.62. The Balaban J connectivity index is 1.67. The Morgan fingerprint density at radius 2 is 1.44 bits per heavy atom. The number of fused-ring (bicyclic) bond motifs is 2. The summed E-state index contributed by atoms with van der Waals surface area (Å²) in [5.41, 5.74) is 3.87. The van der Waals surface area contributed by atoms with Crippen LogP contribution in [0.4, 0.5) is 16.2 Å². The van der Waals surface area contributed by atoms with E-state index in [2.05, 4.69) is 80.2 Å². The molecule has 2 aliphatic heterocycles. The number of Topliss-reactive ketones (excluding diaryl/α,β-unsaturated/α-hetero) is 1. The van der Waals surface area contributed by atoms with Crippen molar-refractivity contribution in [2.24, 2.45) is 11.8 Å². The van der Waals surface area contributed by atoms with E-state index in [4.69, 9.17) is 0 Å². The Bertz CT molecular complexity index is 1810. The molecular weight excluding hydrogens is 662 g/mol. The Kier molecular flexibility index (Phi) is 9.36. The van der Waals surface area contributed by atoms with Gasteiger partial charge in [0.05, 0.1) is 5.92 Å². The van der Waals surface area contributed by atoms with Crippen LogP contribution in [0, 0.1) is 11.8 Å². The molecule has 0 bridgehead atoms. The average Bonchev–Trinajstić information content (AvgIpc) is 3.51. The maximum absolute atomic E-state index is 15.4. The van der Waals surface area contributed by atoms with Crippen LogP contribution in [0.25, 0.3) is 0 Å². The van der Waals surface area contributed by atoms with Gasteiger partial charge in [0.1, 0.15) is 0 Å². The molecule has 0 radical (unpaired) electrons. The number of halogens is 1. The number of carbonyl (C=O) groups excluding carboxylic acids is 3. The van der Waals surface area contributed by atoms with Crippen molar-refractivity contribution >= 4 is 45.0 Å². The molecule has 7 heteroatoms. The summed E-state index contributed by atoms with van der Waals surface area (Å²) in [6, 6.07) is 30.0. The van der Waals surface area contributed by atoms with E-state index in [0.717, 1.165) is 26.9 Å². The maximum atomic E-state index is 15.4. The predicted octanol–water partition coefficient (Wildman–Crippen LogP) is 10.1. The molecule has 4 unspecified atom stereocenters. The highest BCUT2D eigenvalue weighted by Gasteiger charge is 2.70. The lowest BCUT2D eigenvalue weighted by Gasteiger charge is -2.40. The third-order valence-corrected chi connectivity index (χ3v) is 10.5. The molecule has 6 nitrogen and oxygen atoms in total. The van der Waals surface area contributed by atoms with Gasteiger partial charge >= 0.3 is 6.03 Å². The molecule has 2 heterocycles. The number of para-hydroxylation sites is 1. The molecule has 1 saturated heterocycles. The lowest BCUT2D eigenvalue weighted by molar-refractivity contribution is -0.126. The number of anilines is 2. The number of likely N-dealkylation sites (tertiary alicyclic amines) is 1. The van der Waals surface area contributed by atoms with Crippen molar-refractivity contribution in [3.8, 4) is 0 Å². The molecular formula is C41H44BrN3O3. The molecule has 0 aromatic heterocycles. The molecule has 4 aromatic carbocycles. The van der Waals surface area contributed by atoms with Crippen LogP contribution in [0.5, 0.6) is 0 Å². The SMILES string of the molecule is CC(C)CC1C(c2ccccc2)C(C(=O)c2ccccc2)C2(C(=O)Nc3ccc(Br)cc32)N1C(=O)Nc1c(C(C)C)cccc1C(C)C. The number of benzene rings is 4. The van der Waals surface area contributed by atoms with Gasteiger partial charge in [0.25, 0.3) is 5.91 Å². The van der Waals surface area contributed by atoms with Crippen molar-refractivity contribution in [1.82, 2.24) is 4.90 Å². The zero-order chi connectivity index (χ0) is 34.3. The van der Waals surface area contributed by atoms with Gasteiger partial charge < -0.3 is 15.5 Å². The lowest BCUT2D eigenvalue weighted by Crippen LogP contribution is -2.57. The number of urea groups is 1. The standard InChI is InChI=1S/C41H44BrN3O3/c1-24(2)22-34-35(27-14-9-7-10-15-27)36(38(46)28-16-11-8-12-17-28)41(32-23-29(42)20-21-33(32)43-39(41)47)45(34)40(48)44-37-30(25(3)4)18-13-19-31(37)26(5)6/h7-21,23-26,34-36H,22H2,1-6H3,(H,43,47)(H,44,48). The van der Waals surface area contributed by atoms with Gasteiger partial charge in [0.15, 0.2) is 11.3 Å². The van der Waals surface area contributed by atoms with E-state index in [-0.39, 0.29) is 35.5 Å². The van der Waals surface area contributed by atoms with Crippen LogP contribution in [-0.4, -0.2) is 28.7 Å². The molecule has 0 saturated carbocycles. The molecule has 1 spiro atoms. The summed E-state index contributed by atoms with van der Waals surface area (Å²) in [5, 5.41) is 6.47. The summed E-state index contributed by atoms with van der Waals surface area (Å²) in [7, 11) is 0. The van der Waals surface area contributed by atoms with Gasteiger partial charge in [-0.25, -0.2) is 4.79 Å². The van der Waals surface area contributed by atoms with E-state index < -0.39 is 23.4 Å². The largest absolute Gasteiger partial charge is 0.323 e. The second-order valence-electron chi connectivity index (χ2n) is 14.2. The highest BCUT2D eigenvalue weighted by molar-refractivity contribution is 9.10. The fourth-order valence-electron chi connectivity index (χ4n) is 8.02. The van der Waals surface area contributed by atoms with Crippen molar-refractivity contribution in [3.63, 3.8) is 0 Å². The Morgan fingerprint density at radius 1 is 0.833 bits per heavy atom. The molecule has 2 aliphatic rings. The number of hydrogen-bond donors (Lipinski definition) is 2. The van der Waals surface area contributed by atoms with Crippen molar-refractivity contribution in [3.05, 3.63) is 129 Å². The van der Waals surface area contributed by atoms with Gasteiger partial charge in [-0.15, -0.1) is 0 Å². The minimum Gasteiger partial charge on any atom is -0.323 e. The first-order valence-electron chi connectivity index (χ1n) is 17.0. The minimum absolute atomic E-state index is 0.147. The predicted molar refractivity (Wildman–Crippen MR) is 197 cm³/mol. The molecule has 6 rings (SSSR count). The van der Waals surface area contributed by atoms with Crippen LogP contribution in [0.15, 0.2) is 102 Å². The number of nitrogens with zero attached hydrogens (tertiary/aromatic N) is 1. The third kappa shape index (κ3) is 5.66. The molecule has 0 aliphatic carbocycles. The zero-order valence-electron chi connectivity index (χ0n) is 28.5.